The maximum absolute atomic E-state index is 13.4. The van der Waals surface area contributed by atoms with Crippen molar-refractivity contribution in [1.29, 1.82) is 0 Å². The van der Waals surface area contributed by atoms with Crippen LogP contribution in [0.3, 0.4) is 0 Å². The van der Waals surface area contributed by atoms with Crippen LogP contribution >= 0.6 is 27.5 Å². The molecule has 3 aromatic carbocycles. The number of halogens is 5. The van der Waals surface area contributed by atoms with Gasteiger partial charge in [0.25, 0.3) is 10.0 Å². The van der Waals surface area contributed by atoms with E-state index in [1.165, 1.54) is 12.1 Å². The lowest BCUT2D eigenvalue weighted by Gasteiger charge is -2.19. The molecule has 3 aromatic rings. The van der Waals surface area contributed by atoms with Crippen LogP contribution in [0.15, 0.2) is 70.0 Å². The Balaban J connectivity index is 2.08. The average molecular weight is 587 g/mol. The van der Waals surface area contributed by atoms with E-state index in [0.29, 0.717) is 15.1 Å². The molecule has 0 amide bonds. The van der Waals surface area contributed by atoms with E-state index in [4.69, 9.17) is 11.6 Å². The van der Waals surface area contributed by atoms with Crippen LogP contribution in [0.5, 0.6) is 0 Å². The summed E-state index contributed by atoms with van der Waals surface area (Å²) in [5.74, 6) is 6.05. The van der Waals surface area contributed by atoms with Crippen molar-refractivity contribution in [2.24, 2.45) is 0 Å². The van der Waals surface area contributed by atoms with Crippen molar-refractivity contribution in [2.75, 3.05) is 4.72 Å². The normalized spacial score (nSPS) is 12.1. The van der Waals surface area contributed by atoms with Gasteiger partial charge >= 0.3 is 6.18 Å². The standard InChI is InChI=1S/C24H20BrClF3NO2SSi/c1-34(2,3)23-15-19(26)13-11-17(23)9-8-16-10-12-18(25)14-21(16)30-33(31,32)22-7-5-4-6-20(22)24(27,28)29/h4-7,10-15,30H,1-3H3. The highest BCUT2D eigenvalue weighted by Gasteiger charge is 2.37. The van der Waals surface area contributed by atoms with E-state index in [9.17, 15) is 21.6 Å². The van der Waals surface area contributed by atoms with Crippen LogP contribution in [0, 0.1) is 11.8 Å². The zero-order valence-corrected chi connectivity index (χ0v) is 22.5. The van der Waals surface area contributed by atoms with E-state index in [2.05, 4.69) is 52.1 Å². The molecule has 10 heteroatoms. The Morgan fingerprint density at radius 3 is 2.21 bits per heavy atom. The van der Waals surface area contributed by atoms with E-state index >= 15 is 0 Å². The van der Waals surface area contributed by atoms with E-state index in [0.717, 1.165) is 28.9 Å². The minimum absolute atomic E-state index is 0.0577. The maximum atomic E-state index is 13.4. The van der Waals surface area contributed by atoms with Gasteiger partial charge in [0.1, 0.15) is 0 Å². The van der Waals surface area contributed by atoms with E-state index in [1.54, 1.807) is 18.2 Å². The Bertz CT molecular complexity index is 1410. The predicted octanol–water partition coefficient (Wildman–Crippen LogP) is 6.87. The molecule has 0 aliphatic heterocycles. The fraction of sp³-hybridized carbons (Fsp3) is 0.167. The summed E-state index contributed by atoms with van der Waals surface area (Å²) < 4.78 is 68.9. The number of hydrogen-bond donors (Lipinski definition) is 1. The number of hydrogen-bond acceptors (Lipinski definition) is 2. The Hall–Kier alpha value is -2.25. The molecule has 0 radical (unpaired) electrons. The number of benzene rings is 3. The average Bonchev–Trinajstić information content (AvgIpc) is 2.72. The smallest absolute Gasteiger partial charge is 0.278 e. The van der Waals surface area contributed by atoms with E-state index in [-0.39, 0.29) is 5.69 Å². The zero-order chi connectivity index (χ0) is 25.3. The molecular weight excluding hydrogens is 567 g/mol. The van der Waals surface area contributed by atoms with Gasteiger partial charge < -0.3 is 0 Å². The van der Waals surface area contributed by atoms with Crippen molar-refractivity contribution in [2.45, 2.75) is 30.7 Å². The highest BCUT2D eigenvalue weighted by molar-refractivity contribution is 9.10. The van der Waals surface area contributed by atoms with Crippen LogP contribution in [-0.2, 0) is 16.2 Å². The topological polar surface area (TPSA) is 46.2 Å². The summed E-state index contributed by atoms with van der Waals surface area (Å²) >= 11 is 9.45. The summed E-state index contributed by atoms with van der Waals surface area (Å²) in [6.45, 7) is 6.46. The summed E-state index contributed by atoms with van der Waals surface area (Å²) in [6, 6.07) is 14.2. The second kappa shape index (κ2) is 9.78. The summed E-state index contributed by atoms with van der Waals surface area (Å²) in [4.78, 5) is -0.861. The van der Waals surface area contributed by atoms with Crippen LogP contribution in [0.4, 0.5) is 18.9 Å². The number of sulfonamides is 1. The lowest BCUT2D eigenvalue weighted by Crippen LogP contribution is -2.39. The highest BCUT2D eigenvalue weighted by atomic mass is 79.9. The fourth-order valence-corrected chi connectivity index (χ4v) is 6.69. The fourth-order valence-electron chi connectivity index (χ4n) is 3.23. The second-order valence-corrected chi connectivity index (χ2v) is 16.5. The Kier molecular flexibility index (Phi) is 7.58. The van der Waals surface area contributed by atoms with E-state index < -0.39 is 34.7 Å². The lowest BCUT2D eigenvalue weighted by atomic mass is 10.1. The van der Waals surface area contributed by atoms with Crippen LogP contribution in [0.1, 0.15) is 16.7 Å². The summed E-state index contributed by atoms with van der Waals surface area (Å²) in [5.41, 5.74) is -0.108. The van der Waals surface area contributed by atoms with Crippen molar-refractivity contribution < 1.29 is 21.6 Å². The van der Waals surface area contributed by atoms with Crippen LogP contribution < -0.4 is 9.91 Å². The predicted molar refractivity (Wildman–Crippen MR) is 137 cm³/mol. The van der Waals surface area contributed by atoms with Gasteiger partial charge in [-0.3, -0.25) is 4.72 Å². The molecule has 0 heterocycles. The molecule has 0 saturated heterocycles. The first kappa shape index (κ1) is 26.4. The van der Waals surface area contributed by atoms with Crippen LogP contribution in [0.2, 0.25) is 24.7 Å². The molecule has 0 fully saturated rings. The van der Waals surface area contributed by atoms with Crippen molar-refractivity contribution in [3.05, 3.63) is 86.8 Å². The molecule has 0 unspecified atom stereocenters. The molecule has 3 nitrogen and oxygen atoms in total. The van der Waals surface area contributed by atoms with Gasteiger partial charge in [0.15, 0.2) is 0 Å². The summed E-state index contributed by atoms with van der Waals surface area (Å²) in [5, 5.41) is 1.65. The largest absolute Gasteiger partial charge is 0.417 e. The molecule has 34 heavy (non-hydrogen) atoms. The van der Waals surface area contributed by atoms with Gasteiger partial charge in [-0.25, -0.2) is 8.42 Å². The minimum Gasteiger partial charge on any atom is -0.278 e. The van der Waals surface area contributed by atoms with Gasteiger partial charge in [-0.15, -0.1) is 0 Å². The molecule has 0 aliphatic rings. The monoisotopic (exact) mass is 585 g/mol. The maximum Gasteiger partial charge on any atom is 0.417 e. The van der Waals surface area contributed by atoms with Crippen molar-refractivity contribution in [3.63, 3.8) is 0 Å². The Morgan fingerprint density at radius 2 is 1.56 bits per heavy atom. The molecule has 0 aromatic heterocycles. The molecule has 0 spiro atoms. The number of nitrogens with one attached hydrogen (secondary N) is 1. The number of rotatable bonds is 4. The third kappa shape index (κ3) is 6.24. The van der Waals surface area contributed by atoms with E-state index in [1.807, 2.05) is 12.1 Å². The van der Waals surface area contributed by atoms with Gasteiger partial charge in [-0.2, -0.15) is 13.2 Å². The first-order chi connectivity index (χ1) is 15.7. The molecule has 3 rings (SSSR count). The molecule has 0 bridgehead atoms. The summed E-state index contributed by atoms with van der Waals surface area (Å²) in [6.07, 6.45) is -4.83. The highest BCUT2D eigenvalue weighted by Crippen LogP contribution is 2.35. The lowest BCUT2D eigenvalue weighted by molar-refractivity contribution is -0.139. The number of anilines is 1. The minimum atomic E-state index is -4.83. The molecule has 1 N–H and O–H groups in total. The molecular formula is C24H20BrClF3NO2SSi. The van der Waals surface area contributed by atoms with Gasteiger partial charge in [-0.05, 0) is 53.7 Å². The molecule has 0 atom stereocenters. The van der Waals surface area contributed by atoms with Gasteiger partial charge in [0.2, 0.25) is 0 Å². The molecule has 0 aliphatic carbocycles. The molecule has 178 valence electrons. The van der Waals surface area contributed by atoms with Gasteiger partial charge in [0.05, 0.1) is 24.2 Å². The Labute approximate surface area is 211 Å². The van der Waals surface area contributed by atoms with Gasteiger partial charge in [-0.1, -0.05) is 71.1 Å². The van der Waals surface area contributed by atoms with Crippen molar-refractivity contribution >= 4 is 56.5 Å². The number of alkyl halides is 3. The summed E-state index contributed by atoms with van der Waals surface area (Å²) in [7, 11) is -6.34. The van der Waals surface area contributed by atoms with Crippen molar-refractivity contribution in [1.82, 2.24) is 0 Å². The van der Waals surface area contributed by atoms with Crippen LogP contribution in [0.25, 0.3) is 0 Å². The second-order valence-electron chi connectivity index (χ2n) is 8.48. The first-order valence-electron chi connectivity index (χ1n) is 9.99. The quantitative estimate of drug-likeness (QED) is 0.268. The van der Waals surface area contributed by atoms with Crippen LogP contribution in [-0.4, -0.2) is 16.5 Å². The third-order valence-electron chi connectivity index (χ3n) is 4.83. The first-order valence-corrected chi connectivity index (χ1v) is 16.1. The SMILES string of the molecule is C[Si](C)(C)c1cc(Cl)ccc1C#Cc1ccc(Br)cc1NS(=O)(=O)c1ccccc1C(F)(F)F. The Morgan fingerprint density at radius 1 is 0.941 bits per heavy atom. The van der Waals surface area contributed by atoms with Gasteiger partial charge in [0, 0.05) is 20.6 Å². The third-order valence-corrected chi connectivity index (χ3v) is 9.01. The molecule has 0 saturated carbocycles. The zero-order valence-electron chi connectivity index (χ0n) is 18.4. The van der Waals surface area contributed by atoms with Crippen molar-refractivity contribution in [3.8, 4) is 11.8 Å².